The molecule has 1 aromatic heterocycles. The Morgan fingerprint density at radius 1 is 1.33 bits per heavy atom. The summed E-state index contributed by atoms with van der Waals surface area (Å²) in [5.41, 5.74) is 3.47. The molecule has 3 heteroatoms. The summed E-state index contributed by atoms with van der Waals surface area (Å²) in [6, 6.07) is 3.23. The van der Waals surface area contributed by atoms with E-state index in [1.165, 1.54) is 24.4 Å². The first-order chi connectivity index (χ1) is 7.31. The van der Waals surface area contributed by atoms with Crippen molar-refractivity contribution in [3.05, 3.63) is 29.2 Å². The summed E-state index contributed by atoms with van der Waals surface area (Å²) in [6.45, 7) is 0. The van der Waals surface area contributed by atoms with Crippen LogP contribution < -0.4 is 4.74 Å². The Hall–Kier alpha value is -1.51. The largest absolute Gasteiger partial charge is 0.493 e. The molecule has 0 fully saturated rings. The van der Waals surface area contributed by atoms with Gasteiger partial charge in [0.05, 0.1) is 7.11 Å². The third kappa shape index (κ3) is 1.09. The number of hydrogen-bond acceptors (Lipinski definition) is 1. The third-order valence-electron chi connectivity index (χ3n) is 3.12. The first-order valence-electron chi connectivity index (χ1n) is 5.17. The maximum atomic E-state index is 13.5. The van der Waals surface area contributed by atoms with E-state index in [0.29, 0.717) is 5.75 Å². The van der Waals surface area contributed by atoms with Gasteiger partial charge in [0.2, 0.25) is 0 Å². The Labute approximate surface area is 87.1 Å². The molecule has 1 aliphatic rings. The number of aromatic amines is 1. The lowest BCUT2D eigenvalue weighted by Gasteiger charge is -2.04. The lowest BCUT2D eigenvalue weighted by Crippen LogP contribution is -1.90. The Kier molecular flexibility index (Phi) is 1.75. The van der Waals surface area contributed by atoms with Crippen molar-refractivity contribution in [1.82, 2.24) is 4.98 Å². The monoisotopic (exact) mass is 205 g/mol. The van der Waals surface area contributed by atoms with E-state index in [2.05, 4.69) is 4.98 Å². The lowest BCUT2D eigenvalue weighted by atomic mass is 10.1. The number of hydrogen-bond donors (Lipinski definition) is 1. The van der Waals surface area contributed by atoms with Crippen LogP contribution in [0.3, 0.4) is 0 Å². The average Bonchev–Trinajstić information content (AvgIpc) is 2.78. The van der Waals surface area contributed by atoms with E-state index >= 15 is 0 Å². The number of nitrogens with one attached hydrogen (secondary N) is 1. The van der Waals surface area contributed by atoms with Crippen molar-refractivity contribution in [1.29, 1.82) is 0 Å². The molecule has 0 saturated heterocycles. The van der Waals surface area contributed by atoms with Gasteiger partial charge < -0.3 is 9.72 Å². The standard InChI is InChI=1S/C12H12FNO/c1-15-12-8(13)5-6-10-11(12)7-3-2-4-9(7)14-10/h5-6,14H,2-4H2,1H3. The van der Waals surface area contributed by atoms with Gasteiger partial charge in [0, 0.05) is 16.6 Å². The maximum absolute atomic E-state index is 13.5. The Balaban J connectivity index is 2.41. The van der Waals surface area contributed by atoms with Gasteiger partial charge in [0.1, 0.15) is 0 Å². The zero-order valence-corrected chi connectivity index (χ0v) is 8.56. The number of ether oxygens (including phenoxy) is 1. The van der Waals surface area contributed by atoms with E-state index in [0.717, 1.165) is 30.2 Å². The van der Waals surface area contributed by atoms with Crippen molar-refractivity contribution in [2.45, 2.75) is 19.3 Å². The molecule has 15 heavy (non-hydrogen) atoms. The van der Waals surface area contributed by atoms with Crippen molar-refractivity contribution in [2.75, 3.05) is 7.11 Å². The van der Waals surface area contributed by atoms with Gasteiger partial charge in [0.25, 0.3) is 0 Å². The molecule has 1 heterocycles. The summed E-state index contributed by atoms with van der Waals surface area (Å²) in [4.78, 5) is 3.33. The second-order valence-corrected chi connectivity index (χ2v) is 3.94. The molecule has 0 amide bonds. The Morgan fingerprint density at radius 2 is 2.20 bits per heavy atom. The fourth-order valence-corrected chi connectivity index (χ4v) is 2.48. The van der Waals surface area contributed by atoms with Gasteiger partial charge >= 0.3 is 0 Å². The van der Waals surface area contributed by atoms with E-state index < -0.39 is 0 Å². The number of H-pyrrole nitrogens is 1. The van der Waals surface area contributed by atoms with Gasteiger partial charge in [-0.3, -0.25) is 0 Å². The predicted molar refractivity (Wildman–Crippen MR) is 56.8 cm³/mol. The van der Waals surface area contributed by atoms with Crippen LogP contribution in [0.4, 0.5) is 4.39 Å². The highest BCUT2D eigenvalue weighted by Crippen LogP contribution is 2.37. The van der Waals surface area contributed by atoms with Crippen LogP contribution in [0.2, 0.25) is 0 Å². The normalized spacial score (nSPS) is 14.5. The maximum Gasteiger partial charge on any atom is 0.165 e. The Morgan fingerprint density at radius 3 is 3.00 bits per heavy atom. The summed E-state index contributed by atoms with van der Waals surface area (Å²) in [5.74, 6) is 0.102. The highest BCUT2D eigenvalue weighted by Gasteiger charge is 2.21. The fourth-order valence-electron chi connectivity index (χ4n) is 2.48. The van der Waals surface area contributed by atoms with Crippen molar-refractivity contribution >= 4 is 10.9 Å². The van der Waals surface area contributed by atoms with E-state index in [9.17, 15) is 4.39 Å². The van der Waals surface area contributed by atoms with Crippen LogP contribution in [0.15, 0.2) is 12.1 Å². The summed E-state index contributed by atoms with van der Waals surface area (Å²) in [6.07, 6.45) is 3.24. The molecule has 0 spiro atoms. The molecule has 1 aliphatic carbocycles. The molecular weight excluding hydrogens is 193 g/mol. The molecule has 2 nitrogen and oxygen atoms in total. The van der Waals surface area contributed by atoms with E-state index in [4.69, 9.17) is 4.74 Å². The smallest absolute Gasteiger partial charge is 0.165 e. The van der Waals surface area contributed by atoms with Crippen LogP contribution in [-0.4, -0.2) is 12.1 Å². The molecule has 0 atom stereocenters. The van der Waals surface area contributed by atoms with Crippen LogP contribution >= 0.6 is 0 Å². The molecule has 78 valence electrons. The number of halogens is 1. The first kappa shape index (κ1) is 8.77. The fraction of sp³-hybridized carbons (Fsp3) is 0.333. The Bertz CT molecular complexity index is 530. The van der Waals surface area contributed by atoms with Crippen molar-refractivity contribution < 1.29 is 9.13 Å². The summed E-state index contributed by atoms with van der Waals surface area (Å²) >= 11 is 0. The molecule has 0 saturated carbocycles. The SMILES string of the molecule is COc1c(F)ccc2[nH]c3c(c12)CCC3. The summed E-state index contributed by atoms with van der Waals surface area (Å²) in [7, 11) is 1.52. The first-order valence-corrected chi connectivity index (χ1v) is 5.17. The summed E-state index contributed by atoms with van der Waals surface area (Å²) in [5, 5.41) is 0.935. The molecule has 1 N–H and O–H groups in total. The van der Waals surface area contributed by atoms with Gasteiger partial charge in [-0.2, -0.15) is 0 Å². The molecule has 2 aromatic rings. The zero-order chi connectivity index (χ0) is 10.4. The van der Waals surface area contributed by atoms with Crippen molar-refractivity contribution in [2.24, 2.45) is 0 Å². The number of fused-ring (bicyclic) bond motifs is 3. The topological polar surface area (TPSA) is 25.0 Å². The van der Waals surface area contributed by atoms with Crippen LogP contribution in [0, 0.1) is 5.82 Å². The molecule has 0 radical (unpaired) electrons. The van der Waals surface area contributed by atoms with Gasteiger partial charge in [-0.1, -0.05) is 0 Å². The van der Waals surface area contributed by atoms with E-state index in [-0.39, 0.29) is 5.82 Å². The second kappa shape index (κ2) is 2.99. The van der Waals surface area contributed by atoms with E-state index in [1.54, 1.807) is 6.07 Å². The molecular formula is C12H12FNO. The van der Waals surface area contributed by atoms with Gasteiger partial charge in [-0.05, 0) is 37.0 Å². The van der Waals surface area contributed by atoms with Gasteiger partial charge in [-0.15, -0.1) is 0 Å². The third-order valence-corrected chi connectivity index (χ3v) is 3.12. The number of methoxy groups -OCH3 is 1. The summed E-state index contributed by atoms with van der Waals surface area (Å²) < 4.78 is 18.7. The van der Waals surface area contributed by atoms with Gasteiger partial charge in [0.15, 0.2) is 11.6 Å². The minimum Gasteiger partial charge on any atom is -0.493 e. The number of aromatic nitrogens is 1. The quantitative estimate of drug-likeness (QED) is 0.760. The number of aryl methyl sites for hydroxylation is 2. The highest BCUT2D eigenvalue weighted by molar-refractivity contribution is 5.91. The highest BCUT2D eigenvalue weighted by atomic mass is 19.1. The molecule has 0 aliphatic heterocycles. The van der Waals surface area contributed by atoms with Crippen LogP contribution in [-0.2, 0) is 12.8 Å². The zero-order valence-electron chi connectivity index (χ0n) is 8.56. The van der Waals surface area contributed by atoms with Crippen LogP contribution in [0.5, 0.6) is 5.75 Å². The predicted octanol–water partition coefficient (Wildman–Crippen LogP) is 2.80. The number of rotatable bonds is 1. The lowest BCUT2D eigenvalue weighted by molar-refractivity contribution is 0.391. The average molecular weight is 205 g/mol. The molecule has 3 rings (SSSR count). The minimum atomic E-state index is -0.279. The van der Waals surface area contributed by atoms with Crippen molar-refractivity contribution in [3.63, 3.8) is 0 Å². The second-order valence-electron chi connectivity index (χ2n) is 3.94. The van der Waals surface area contributed by atoms with Gasteiger partial charge in [-0.25, -0.2) is 4.39 Å². The van der Waals surface area contributed by atoms with Crippen LogP contribution in [0.1, 0.15) is 17.7 Å². The van der Waals surface area contributed by atoms with Crippen molar-refractivity contribution in [3.8, 4) is 5.75 Å². The number of benzene rings is 1. The molecule has 0 unspecified atom stereocenters. The molecule has 0 bridgehead atoms. The van der Waals surface area contributed by atoms with E-state index in [1.807, 2.05) is 0 Å². The molecule has 1 aromatic carbocycles. The minimum absolute atomic E-state index is 0.279. The van der Waals surface area contributed by atoms with Crippen LogP contribution in [0.25, 0.3) is 10.9 Å².